The molecule has 3 heterocycles. The number of ether oxygens (including phenoxy) is 1. The molecule has 0 saturated carbocycles. The first-order valence-corrected chi connectivity index (χ1v) is 14.9. The Morgan fingerprint density at radius 2 is 1.71 bits per heavy atom. The number of piperazine rings is 1. The van der Waals surface area contributed by atoms with E-state index >= 15 is 0 Å². The molecule has 45 heavy (non-hydrogen) atoms. The first kappa shape index (κ1) is 30.1. The van der Waals surface area contributed by atoms with Crippen LogP contribution >= 0.6 is 0 Å². The number of hydrogen-bond acceptors (Lipinski definition) is 7. The highest BCUT2D eigenvalue weighted by atomic mass is 19.1. The maximum atomic E-state index is 13.7. The zero-order valence-electron chi connectivity index (χ0n) is 24.9. The molecule has 11 nitrogen and oxygen atoms in total. The summed E-state index contributed by atoms with van der Waals surface area (Å²) in [5, 5.41) is 23.6. The number of carboxylic acid groups (broad SMARTS) is 1. The summed E-state index contributed by atoms with van der Waals surface area (Å²) in [4.78, 5) is 31.1. The van der Waals surface area contributed by atoms with Crippen molar-refractivity contribution in [3.8, 4) is 5.75 Å². The summed E-state index contributed by atoms with van der Waals surface area (Å²) in [6.07, 6.45) is 0.329. The van der Waals surface area contributed by atoms with Gasteiger partial charge in [0.05, 0.1) is 11.1 Å². The van der Waals surface area contributed by atoms with E-state index in [1.807, 2.05) is 12.1 Å². The average molecular weight is 620 g/mol. The normalized spacial score (nSPS) is 16.2. The van der Waals surface area contributed by atoms with Gasteiger partial charge in [-0.05, 0) is 74.0 Å². The summed E-state index contributed by atoms with van der Waals surface area (Å²) >= 11 is 0. The van der Waals surface area contributed by atoms with Crippen LogP contribution in [0.5, 0.6) is 5.75 Å². The predicted molar refractivity (Wildman–Crippen MR) is 167 cm³/mol. The third-order valence-corrected chi connectivity index (χ3v) is 8.34. The molecular weight excluding hydrogens is 584 g/mol. The number of halogens is 2. The van der Waals surface area contributed by atoms with Gasteiger partial charge in [-0.1, -0.05) is 0 Å². The van der Waals surface area contributed by atoms with Crippen LogP contribution < -0.4 is 20.3 Å². The lowest BCUT2D eigenvalue weighted by Gasteiger charge is -2.35. The molecule has 0 atom stereocenters. The molecule has 4 aromatic rings. The Balaban J connectivity index is 1.21. The zero-order valence-corrected chi connectivity index (χ0v) is 24.9. The van der Waals surface area contributed by atoms with Crippen LogP contribution in [0.1, 0.15) is 28.8 Å². The van der Waals surface area contributed by atoms with Crippen LogP contribution in [0.2, 0.25) is 0 Å². The highest BCUT2D eigenvalue weighted by molar-refractivity contribution is 6.11. The molecule has 2 aliphatic rings. The second-order valence-electron chi connectivity index (χ2n) is 11.5. The molecule has 236 valence electrons. The molecule has 0 bridgehead atoms. The van der Waals surface area contributed by atoms with Crippen molar-refractivity contribution < 1.29 is 28.2 Å². The number of anilines is 3. The highest BCUT2D eigenvalue weighted by Crippen LogP contribution is 2.30. The molecule has 13 heteroatoms. The van der Waals surface area contributed by atoms with Gasteiger partial charge in [0.1, 0.15) is 24.0 Å². The Labute approximate surface area is 258 Å². The lowest BCUT2D eigenvalue weighted by atomic mass is 10.0. The molecule has 0 aliphatic carbocycles. The minimum Gasteiger partial charge on any atom is -0.489 e. The van der Waals surface area contributed by atoms with Crippen LogP contribution in [0.15, 0.2) is 54.6 Å². The number of aromatic amines is 1. The Hall–Kier alpha value is -4.91. The van der Waals surface area contributed by atoms with Crippen LogP contribution in [-0.2, 0) is 6.61 Å². The Kier molecular flexibility index (Phi) is 8.69. The maximum absolute atomic E-state index is 13.7. The van der Waals surface area contributed by atoms with Crippen LogP contribution in [-0.4, -0.2) is 89.5 Å². The number of likely N-dealkylation sites (N-methyl/N-ethyl adjacent to an activating group) is 1. The van der Waals surface area contributed by atoms with E-state index in [0.29, 0.717) is 65.2 Å². The van der Waals surface area contributed by atoms with Crippen molar-refractivity contribution in [3.05, 3.63) is 77.4 Å². The number of benzene rings is 3. The summed E-state index contributed by atoms with van der Waals surface area (Å²) in [6, 6.07) is 14.1. The summed E-state index contributed by atoms with van der Waals surface area (Å²) < 4.78 is 33.0. The molecule has 0 unspecified atom stereocenters. The number of nitrogens with one attached hydrogen (secondary N) is 3. The van der Waals surface area contributed by atoms with Gasteiger partial charge >= 0.3 is 6.09 Å². The van der Waals surface area contributed by atoms with Gasteiger partial charge in [-0.15, -0.1) is 0 Å². The molecule has 2 amide bonds. The van der Waals surface area contributed by atoms with Gasteiger partial charge in [-0.3, -0.25) is 9.89 Å². The molecule has 6 rings (SSSR count). The van der Waals surface area contributed by atoms with E-state index in [1.54, 1.807) is 24.3 Å². The number of fused-ring (bicyclic) bond motifs is 1. The van der Waals surface area contributed by atoms with Crippen LogP contribution in [0.4, 0.5) is 30.8 Å². The first-order valence-electron chi connectivity index (χ1n) is 14.9. The van der Waals surface area contributed by atoms with Crippen molar-refractivity contribution in [2.24, 2.45) is 0 Å². The third-order valence-electron chi connectivity index (χ3n) is 8.34. The van der Waals surface area contributed by atoms with E-state index < -0.39 is 17.7 Å². The molecule has 0 radical (unpaired) electrons. The fourth-order valence-corrected chi connectivity index (χ4v) is 5.76. The summed E-state index contributed by atoms with van der Waals surface area (Å²) in [5.74, 6) is -0.975. The molecule has 3 aromatic carbocycles. The van der Waals surface area contributed by atoms with E-state index in [1.165, 1.54) is 17.0 Å². The Bertz CT molecular complexity index is 1680. The van der Waals surface area contributed by atoms with Gasteiger partial charge in [-0.25, -0.2) is 13.6 Å². The van der Waals surface area contributed by atoms with Crippen molar-refractivity contribution in [1.82, 2.24) is 20.0 Å². The molecule has 2 aliphatic heterocycles. The number of likely N-dealkylation sites (tertiary alicyclic amines) is 1. The van der Waals surface area contributed by atoms with Crippen molar-refractivity contribution in [3.63, 3.8) is 0 Å². The summed E-state index contributed by atoms with van der Waals surface area (Å²) in [6.45, 7) is 4.42. The summed E-state index contributed by atoms with van der Waals surface area (Å²) in [7, 11) is 2.10. The number of amides is 2. The molecule has 2 saturated heterocycles. The quantitative estimate of drug-likeness (QED) is 0.218. The lowest BCUT2D eigenvalue weighted by molar-refractivity contribution is 0.102. The van der Waals surface area contributed by atoms with E-state index in [4.69, 9.17) is 4.74 Å². The summed E-state index contributed by atoms with van der Waals surface area (Å²) in [5.41, 5.74) is 3.13. The second kappa shape index (κ2) is 13.0. The van der Waals surface area contributed by atoms with Gasteiger partial charge in [0.25, 0.3) is 5.91 Å². The van der Waals surface area contributed by atoms with Crippen molar-refractivity contribution in [2.45, 2.75) is 25.5 Å². The fraction of sp³-hybridized carbons (Fsp3) is 0.344. The highest BCUT2D eigenvalue weighted by Gasteiger charge is 2.25. The fourth-order valence-electron chi connectivity index (χ4n) is 5.76. The minimum absolute atomic E-state index is 0.00683. The molecule has 4 N–H and O–H groups in total. The van der Waals surface area contributed by atoms with E-state index in [2.05, 4.69) is 37.7 Å². The van der Waals surface area contributed by atoms with Gasteiger partial charge < -0.3 is 35.2 Å². The van der Waals surface area contributed by atoms with Crippen molar-refractivity contribution >= 4 is 40.1 Å². The Morgan fingerprint density at radius 3 is 2.42 bits per heavy atom. The second-order valence-corrected chi connectivity index (χ2v) is 11.5. The number of nitrogens with zero attached hydrogens (tertiary/aromatic N) is 4. The first-order chi connectivity index (χ1) is 21.7. The smallest absolute Gasteiger partial charge is 0.407 e. The largest absolute Gasteiger partial charge is 0.489 e. The predicted octanol–water partition coefficient (Wildman–Crippen LogP) is 4.98. The SMILES string of the molecule is CN1CCN(c2ccc(C(=O)Nc3n[nH]c4ccc(OCc5cc(F)cc(F)c5)cc34)c(NC3CCN(C(=O)O)CC3)c2)CC1. The third kappa shape index (κ3) is 7.09. The molecule has 1 aromatic heterocycles. The monoisotopic (exact) mass is 619 g/mol. The van der Waals surface area contributed by atoms with Gasteiger partial charge in [0.2, 0.25) is 0 Å². The molecular formula is C32H35F2N7O4. The minimum atomic E-state index is -0.923. The maximum Gasteiger partial charge on any atom is 0.407 e. The standard InChI is InChI=1S/C32H35F2N7O4/c1-39-10-12-40(13-11-39)24-2-4-26(29(17-24)35-23-6-8-41(9-7-23)32(43)44)31(42)36-30-27-18-25(3-5-28(27)37-38-30)45-19-20-14-21(33)16-22(34)15-20/h2-5,14-18,23,35H,6-13,19H2,1H3,(H,43,44)(H2,36,37,38,42). The zero-order chi connectivity index (χ0) is 31.5. The molecule has 0 spiro atoms. The van der Waals surface area contributed by atoms with E-state index in [0.717, 1.165) is 37.9 Å². The van der Waals surface area contributed by atoms with E-state index in [9.17, 15) is 23.5 Å². The number of piperidine rings is 1. The lowest BCUT2D eigenvalue weighted by Crippen LogP contribution is -2.44. The van der Waals surface area contributed by atoms with Crippen molar-refractivity contribution in [1.29, 1.82) is 0 Å². The van der Waals surface area contributed by atoms with Gasteiger partial charge in [0.15, 0.2) is 5.82 Å². The number of hydrogen-bond donors (Lipinski definition) is 4. The van der Waals surface area contributed by atoms with Crippen molar-refractivity contribution in [2.75, 3.05) is 61.8 Å². The van der Waals surface area contributed by atoms with Crippen LogP contribution in [0.3, 0.4) is 0 Å². The van der Waals surface area contributed by atoms with Gasteiger partial charge in [0, 0.05) is 68.1 Å². The average Bonchev–Trinajstić information content (AvgIpc) is 3.42. The number of aromatic nitrogens is 2. The van der Waals surface area contributed by atoms with Gasteiger partial charge in [-0.2, -0.15) is 5.10 Å². The number of carbonyl (C=O) groups is 2. The molecule has 2 fully saturated rings. The van der Waals surface area contributed by atoms with Crippen LogP contribution in [0, 0.1) is 11.6 Å². The topological polar surface area (TPSA) is 126 Å². The number of carbonyl (C=O) groups excluding carboxylic acids is 1. The van der Waals surface area contributed by atoms with E-state index in [-0.39, 0.29) is 18.6 Å². The van der Waals surface area contributed by atoms with Crippen LogP contribution in [0.25, 0.3) is 10.9 Å². The Morgan fingerprint density at radius 1 is 0.978 bits per heavy atom. The number of rotatable bonds is 8. The number of H-pyrrole nitrogens is 1.